The lowest BCUT2D eigenvalue weighted by atomic mass is 10.1. The number of likely N-dealkylation sites (N-methyl/N-ethyl adjacent to an activating group) is 1. The summed E-state index contributed by atoms with van der Waals surface area (Å²) in [5.41, 5.74) is 2.81. The molecule has 0 saturated carbocycles. The first-order chi connectivity index (χ1) is 13.0. The van der Waals surface area contributed by atoms with Gasteiger partial charge in [-0.3, -0.25) is 4.79 Å². The fourth-order valence-corrected chi connectivity index (χ4v) is 2.79. The molecule has 0 saturated heterocycles. The van der Waals surface area contributed by atoms with Crippen LogP contribution in [-0.4, -0.2) is 32.8 Å². The van der Waals surface area contributed by atoms with Crippen molar-refractivity contribution in [3.63, 3.8) is 0 Å². The number of rotatable bonds is 6. The predicted molar refractivity (Wildman–Crippen MR) is 107 cm³/mol. The molecule has 0 spiro atoms. The molecule has 0 aliphatic carbocycles. The summed E-state index contributed by atoms with van der Waals surface area (Å²) in [6.45, 7) is 2.62. The van der Waals surface area contributed by atoms with Gasteiger partial charge < -0.3 is 4.90 Å². The number of aromatic nitrogens is 3. The Morgan fingerprint density at radius 2 is 1.89 bits per heavy atom. The van der Waals surface area contributed by atoms with Crippen LogP contribution in [0.25, 0.3) is 6.08 Å². The Kier molecular flexibility index (Phi) is 6.04. The Labute approximate surface area is 163 Å². The summed E-state index contributed by atoms with van der Waals surface area (Å²) < 4.78 is 1.75. The van der Waals surface area contributed by atoms with Crippen molar-refractivity contribution in [1.82, 2.24) is 19.9 Å². The van der Waals surface area contributed by atoms with Crippen LogP contribution in [0, 0.1) is 0 Å². The van der Waals surface area contributed by atoms with E-state index >= 15 is 0 Å². The molecule has 6 heteroatoms. The molecule has 1 heterocycles. The second-order valence-electron chi connectivity index (χ2n) is 6.34. The van der Waals surface area contributed by atoms with Crippen molar-refractivity contribution in [3.05, 3.63) is 88.7 Å². The number of nitrogens with zero attached hydrogens (tertiary/aromatic N) is 4. The van der Waals surface area contributed by atoms with Gasteiger partial charge in [-0.15, -0.1) is 5.10 Å². The Morgan fingerprint density at radius 3 is 2.59 bits per heavy atom. The van der Waals surface area contributed by atoms with Crippen molar-refractivity contribution in [2.45, 2.75) is 19.5 Å². The van der Waals surface area contributed by atoms with Gasteiger partial charge in [0.05, 0.1) is 18.8 Å². The van der Waals surface area contributed by atoms with E-state index in [9.17, 15) is 4.79 Å². The summed E-state index contributed by atoms with van der Waals surface area (Å²) in [5, 5.41) is 8.88. The highest BCUT2D eigenvalue weighted by Gasteiger charge is 2.15. The highest BCUT2D eigenvalue weighted by molar-refractivity contribution is 6.30. The average molecular weight is 381 g/mol. The van der Waals surface area contributed by atoms with E-state index in [-0.39, 0.29) is 11.9 Å². The molecule has 1 amide bonds. The second-order valence-corrected chi connectivity index (χ2v) is 6.77. The Hall–Kier alpha value is -2.92. The van der Waals surface area contributed by atoms with Gasteiger partial charge in [-0.2, -0.15) is 0 Å². The molecule has 0 fully saturated rings. The normalized spacial score (nSPS) is 12.3. The number of amides is 1. The van der Waals surface area contributed by atoms with E-state index in [0.29, 0.717) is 17.3 Å². The maximum absolute atomic E-state index is 12.5. The van der Waals surface area contributed by atoms with Gasteiger partial charge in [0, 0.05) is 18.1 Å². The molecule has 0 aliphatic heterocycles. The summed E-state index contributed by atoms with van der Waals surface area (Å²) in [4.78, 5) is 14.1. The fourth-order valence-electron chi connectivity index (χ4n) is 2.67. The molecule has 2 aromatic carbocycles. The number of halogens is 1. The quantitative estimate of drug-likeness (QED) is 0.602. The van der Waals surface area contributed by atoms with Crippen molar-refractivity contribution in [3.8, 4) is 0 Å². The minimum atomic E-state index is -0.102. The van der Waals surface area contributed by atoms with E-state index in [4.69, 9.17) is 11.6 Å². The van der Waals surface area contributed by atoms with E-state index in [2.05, 4.69) is 10.3 Å². The van der Waals surface area contributed by atoms with E-state index in [0.717, 1.165) is 11.1 Å². The van der Waals surface area contributed by atoms with Gasteiger partial charge in [0.2, 0.25) is 5.91 Å². The van der Waals surface area contributed by atoms with Gasteiger partial charge >= 0.3 is 0 Å². The molecule has 0 aliphatic rings. The molecular weight excluding hydrogens is 360 g/mol. The molecule has 138 valence electrons. The predicted octanol–water partition coefficient (Wildman–Crippen LogP) is 4.21. The smallest absolute Gasteiger partial charge is 0.246 e. The van der Waals surface area contributed by atoms with E-state index in [1.807, 2.05) is 67.7 Å². The lowest BCUT2D eigenvalue weighted by molar-refractivity contribution is -0.126. The largest absolute Gasteiger partial charge is 0.335 e. The first kappa shape index (κ1) is 18.9. The minimum absolute atomic E-state index is 0.0619. The Balaban J connectivity index is 1.61. The van der Waals surface area contributed by atoms with Crippen LogP contribution < -0.4 is 0 Å². The van der Waals surface area contributed by atoms with Gasteiger partial charge in [-0.05, 0) is 36.3 Å². The number of benzene rings is 2. The van der Waals surface area contributed by atoms with E-state index in [1.54, 1.807) is 22.7 Å². The van der Waals surface area contributed by atoms with Crippen LogP contribution in [0.1, 0.15) is 29.8 Å². The van der Waals surface area contributed by atoms with E-state index < -0.39 is 0 Å². The minimum Gasteiger partial charge on any atom is -0.335 e. The molecule has 1 atom stereocenters. The highest BCUT2D eigenvalue weighted by atomic mass is 35.5. The number of hydrogen-bond acceptors (Lipinski definition) is 3. The number of carbonyl (C=O) groups is 1. The Bertz CT molecular complexity index is 919. The molecule has 3 aromatic rings. The fraction of sp³-hybridized carbons (Fsp3) is 0.190. The zero-order valence-electron chi connectivity index (χ0n) is 15.3. The van der Waals surface area contributed by atoms with Crippen LogP contribution in [0.3, 0.4) is 0 Å². The molecule has 1 aromatic heterocycles. The van der Waals surface area contributed by atoms with Gasteiger partial charge in [0.15, 0.2) is 0 Å². The van der Waals surface area contributed by atoms with Crippen molar-refractivity contribution in [1.29, 1.82) is 0 Å². The summed E-state index contributed by atoms with van der Waals surface area (Å²) >= 11 is 5.92. The summed E-state index contributed by atoms with van der Waals surface area (Å²) in [6.07, 6.45) is 5.02. The van der Waals surface area contributed by atoms with Crippen LogP contribution in [0.2, 0.25) is 5.02 Å². The SMILES string of the molecule is CC(c1ccc(Cl)cc1)N(C)C(=O)/C=C/c1cn(Cc2ccccc2)nn1. The first-order valence-corrected chi connectivity index (χ1v) is 9.05. The molecule has 3 rings (SSSR count). The Morgan fingerprint density at radius 1 is 1.19 bits per heavy atom. The first-order valence-electron chi connectivity index (χ1n) is 8.67. The van der Waals surface area contributed by atoms with Crippen LogP contribution >= 0.6 is 11.6 Å². The molecule has 0 bridgehead atoms. The molecule has 0 radical (unpaired) electrons. The molecule has 5 nitrogen and oxygen atoms in total. The van der Waals surface area contributed by atoms with Crippen LogP contribution in [-0.2, 0) is 11.3 Å². The van der Waals surface area contributed by atoms with Crippen molar-refractivity contribution in [2.24, 2.45) is 0 Å². The van der Waals surface area contributed by atoms with Gasteiger partial charge in [-0.25, -0.2) is 4.68 Å². The molecular formula is C21H21ClN4O. The summed E-state index contributed by atoms with van der Waals surface area (Å²) in [6, 6.07) is 17.5. The number of carbonyl (C=O) groups excluding carboxylic acids is 1. The second kappa shape index (κ2) is 8.64. The standard InChI is InChI=1S/C21H21ClN4O/c1-16(18-8-10-19(22)11-9-18)25(2)21(27)13-12-20-15-26(24-23-20)14-17-6-4-3-5-7-17/h3-13,15-16H,14H2,1-2H3/b13-12+. The third-order valence-corrected chi connectivity index (χ3v) is 4.67. The molecule has 1 unspecified atom stereocenters. The average Bonchev–Trinajstić information content (AvgIpc) is 3.13. The van der Waals surface area contributed by atoms with Crippen molar-refractivity contribution >= 4 is 23.6 Å². The van der Waals surface area contributed by atoms with Crippen LogP contribution in [0.15, 0.2) is 66.9 Å². The maximum atomic E-state index is 12.5. The van der Waals surface area contributed by atoms with Crippen LogP contribution in [0.4, 0.5) is 0 Å². The summed E-state index contributed by atoms with van der Waals surface area (Å²) in [7, 11) is 1.78. The third-order valence-electron chi connectivity index (χ3n) is 4.42. The zero-order chi connectivity index (χ0) is 19.2. The monoisotopic (exact) mass is 380 g/mol. The third kappa shape index (κ3) is 5.05. The van der Waals surface area contributed by atoms with Gasteiger partial charge in [0.25, 0.3) is 0 Å². The van der Waals surface area contributed by atoms with E-state index in [1.165, 1.54) is 6.08 Å². The van der Waals surface area contributed by atoms with Crippen LogP contribution in [0.5, 0.6) is 0 Å². The lowest BCUT2D eigenvalue weighted by Gasteiger charge is -2.24. The van der Waals surface area contributed by atoms with Crippen molar-refractivity contribution in [2.75, 3.05) is 7.05 Å². The summed E-state index contributed by atoms with van der Waals surface area (Å²) in [5.74, 6) is -0.102. The highest BCUT2D eigenvalue weighted by Crippen LogP contribution is 2.21. The lowest BCUT2D eigenvalue weighted by Crippen LogP contribution is -2.27. The van der Waals surface area contributed by atoms with Crippen molar-refractivity contribution < 1.29 is 4.79 Å². The number of hydrogen-bond donors (Lipinski definition) is 0. The molecule has 27 heavy (non-hydrogen) atoms. The topological polar surface area (TPSA) is 51.0 Å². The molecule has 0 N–H and O–H groups in total. The van der Waals surface area contributed by atoms with Gasteiger partial charge in [-0.1, -0.05) is 59.3 Å². The maximum Gasteiger partial charge on any atom is 0.246 e. The zero-order valence-corrected chi connectivity index (χ0v) is 16.0. The van der Waals surface area contributed by atoms with Gasteiger partial charge in [0.1, 0.15) is 5.69 Å².